The van der Waals surface area contributed by atoms with Crippen molar-refractivity contribution in [2.45, 2.75) is 72.3 Å². The largest absolute Gasteiger partial charge is 0.487 e. The van der Waals surface area contributed by atoms with Crippen molar-refractivity contribution >= 4 is 49.4 Å². The summed E-state index contributed by atoms with van der Waals surface area (Å²) in [6.07, 6.45) is 1.61. The first kappa shape index (κ1) is 30.7. The van der Waals surface area contributed by atoms with Gasteiger partial charge in [-0.05, 0) is 57.8 Å². The molecular formula is C33H34Br2FNO5. The molecular weight excluding hydrogens is 669 g/mol. The third kappa shape index (κ3) is 6.00. The molecule has 2 aliphatic carbocycles. The molecule has 6 nitrogen and oxygen atoms in total. The van der Waals surface area contributed by atoms with Gasteiger partial charge in [0.2, 0.25) is 0 Å². The van der Waals surface area contributed by atoms with Crippen LogP contribution in [0.4, 0.5) is 4.39 Å². The second-order valence-electron chi connectivity index (χ2n) is 13.0. The molecule has 0 bridgehead atoms. The molecule has 42 heavy (non-hydrogen) atoms. The number of hydrogen-bond acceptors (Lipinski definition) is 5. The summed E-state index contributed by atoms with van der Waals surface area (Å²) in [5.41, 5.74) is 2.94. The van der Waals surface area contributed by atoms with Gasteiger partial charge >= 0.3 is 5.97 Å². The van der Waals surface area contributed by atoms with E-state index in [-0.39, 0.29) is 47.8 Å². The molecule has 0 fully saturated rings. The molecule has 0 saturated carbocycles. The predicted molar refractivity (Wildman–Crippen MR) is 164 cm³/mol. The highest BCUT2D eigenvalue weighted by molar-refractivity contribution is 9.11. The molecule has 1 heterocycles. The van der Waals surface area contributed by atoms with E-state index >= 15 is 0 Å². The molecule has 9 heteroatoms. The number of halogens is 3. The molecule has 0 unspecified atom stereocenters. The van der Waals surface area contributed by atoms with E-state index in [1.54, 1.807) is 18.2 Å². The van der Waals surface area contributed by atoms with E-state index in [1.807, 2.05) is 44.7 Å². The Morgan fingerprint density at radius 1 is 0.976 bits per heavy atom. The molecule has 222 valence electrons. The average molecular weight is 703 g/mol. The lowest BCUT2D eigenvalue weighted by Crippen LogP contribution is -2.45. The lowest BCUT2D eigenvalue weighted by Gasteiger charge is -2.49. The highest BCUT2D eigenvalue weighted by Gasteiger charge is 2.49. The van der Waals surface area contributed by atoms with Crippen LogP contribution in [0.3, 0.4) is 0 Å². The van der Waals surface area contributed by atoms with Gasteiger partial charge in [0.05, 0.1) is 10.9 Å². The summed E-state index contributed by atoms with van der Waals surface area (Å²) in [6.45, 7) is 8.28. The summed E-state index contributed by atoms with van der Waals surface area (Å²) in [6, 6.07) is 10.1. The molecule has 3 aliphatic rings. The van der Waals surface area contributed by atoms with E-state index in [0.29, 0.717) is 58.2 Å². The molecule has 1 aliphatic heterocycles. The minimum absolute atomic E-state index is 0.0445. The Labute approximate surface area is 262 Å². The molecule has 0 spiro atoms. The number of hydrogen-bond donors (Lipinski definition) is 1. The quantitative estimate of drug-likeness (QED) is 0.314. The van der Waals surface area contributed by atoms with E-state index in [2.05, 4.69) is 31.9 Å². The van der Waals surface area contributed by atoms with Gasteiger partial charge in [0, 0.05) is 63.4 Å². The Balaban J connectivity index is 1.74. The smallest absolute Gasteiger partial charge is 0.305 e. The van der Waals surface area contributed by atoms with Gasteiger partial charge in [-0.15, -0.1) is 0 Å². The van der Waals surface area contributed by atoms with E-state index in [9.17, 15) is 23.9 Å². The molecule has 0 aromatic heterocycles. The van der Waals surface area contributed by atoms with Gasteiger partial charge in [-0.3, -0.25) is 14.4 Å². The number of ketones is 2. The fourth-order valence-corrected chi connectivity index (χ4v) is 7.92. The number of aliphatic carboxylic acids is 1. The van der Waals surface area contributed by atoms with Crippen molar-refractivity contribution in [3.63, 3.8) is 0 Å². The Hall–Kier alpha value is -2.78. The fourth-order valence-electron chi connectivity index (χ4n) is 6.55. The predicted octanol–water partition coefficient (Wildman–Crippen LogP) is 8.09. The number of carboxylic acids is 1. The third-order valence-corrected chi connectivity index (χ3v) is 9.30. The number of ether oxygens (including phenoxy) is 1. The summed E-state index contributed by atoms with van der Waals surface area (Å²) < 4.78 is 22.2. The molecule has 0 atom stereocenters. The topological polar surface area (TPSA) is 83.9 Å². The molecule has 2 aromatic carbocycles. The van der Waals surface area contributed by atoms with Gasteiger partial charge in [-0.25, -0.2) is 4.39 Å². The zero-order valence-corrected chi connectivity index (χ0v) is 27.3. The van der Waals surface area contributed by atoms with Crippen molar-refractivity contribution in [3.8, 4) is 5.75 Å². The second kappa shape index (κ2) is 11.4. The Morgan fingerprint density at radius 3 is 2.10 bits per heavy atom. The standard InChI is InChI=1S/C33H34Br2FNO5/c1-32(2)13-23-29(25(38)15-32)28(30-24(37(23)10-9-27(40)41)14-33(3,4)16-26(30)39)20-11-19(34)12-21(35)31(20)42-17-18-7-5-6-8-22(18)36/h5-8,11-12,28H,9-10,13-17H2,1-4H3,(H,40,41). The van der Waals surface area contributed by atoms with Crippen LogP contribution in [0.25, 0.3) is 0 Å². The fraction of sp³-hybridized carbons (Fsp3) is 0.424. The number of carboxylic acid groups (broad SMARTS) is 1. The average Bonchev–Trinajstić information content (AvgIpc) is 2.85. The van der Waals surface area contributed by atoms with E-state index in [4.69, 9.17) is 4.74 Å². The number of benzene rings is 2. The first-order valence-corrected chi connectivity index (χ1v) is 15.6. The van der Waals surface area contributed by atoms with E-state index in [1.165, 1.54) is 6.07 Å². The molecule has 0 radical (unpaired) electrons. The zero-order valence-electron chi connectivity index (χ0n) is 24.2. The van der Waals surface area contributed by atoms with Crippen LogP contribution < -0.4 is 4.74 Å². The maximum Gasteiger partial charge on any atom is 0.305 e. The number of Topliss-reactive ketones (excluding diaryl/α,β-unsaturated/α-hetero) is 2. The lowest BCUT2D eigenvalue weighted by molar-refractivity contribution is -0.137. The van der Waals surface area contributed by atoms with Gasteiger partial charge in [0.25, 0.3) is 0 Å². The number of nitrogens with zero attached hydrogens (tertiary/aromatic N) is 1. The summed E-state index contributed by atoms with van der Waals surface area (Å²) in [5.74, 6) is -1.72. The highest BCUT2D eigenvalue weighted by atomic mass is 79.9. The summed E-state index contributed by atoms with van der Waals surface area (Å²) in [7, 11) is 0. The van der Waals surface area contributed by atoms with Crippen LogP contribution in [0.15, 0.2) is 67.9 Å². The molecule has 0 amide bonds. The van der Waals surface area contributed by atoms with Crippen molar-refractivity contribution < 1.29 is 28.6 Å². The number of allylic oxidation sites excluding steroid dienone is 4. The van der Waals surface area contributed by atoms with Crippen LogP contribution in [0.1, 0.15) is 76.8 Å². The van der Waals surface area contributed by atoms with E-state index < -0.39 is 11.9 Å². The molecule has 5 rings (SSSR count). The van der Waals surface area contributed by atoms with Crippen LogP contribution in [-0.4, -0.2) is 34.1 Å². The van der Waals surface area contributed by atoms with E-state index in [0.717, 1.165) is 15.9 Å². The molecule has 1 N–H and O–H groups in total. The number of carbonyl (C=O) groups is 3. The monoisotopic (exact) mass is 701 g/mol. The second-order valence-corrected chi connectivity index (χ2v) is 14.8. The first-order valence-electron chi connectivity index (χ1n) is 14.0. The van der Waals surface area contributed by atoms with Gasteiger partial charge in [0.1, 0.15) is 18.2 Å². The Bertz CT molecular complexity index is 1500. The maximum absolute atomic E-state index is 14.5. The van der Waals surface area contributed by atoms with Gasteiger partial charge in [-0.2, -0.15) is 0 Å². The van der Waals surface area contributed by atoms with Crippen molar-refractivity contribution in [2.75, 3.05) is 6.54 Å². The summed E-state index contributed by atoms with van der Waals surface area (Å²) >= 11 is 7.22. The van der Waals surface area contributed by atoms with Crippen molar-refractivity contribution in [2.24, 2.45) is 10.8 Å². The lowest BCUT2D eigenvalue weighted by atomic mass is 9.63. The Morgan fingerprint density at radius 2 is 1.55 bits per heavy atom. The van der Waals surface area contributed by atoms with Crippen molar-refractivity contribution in [3.05, 3.63) is 84.8 Å². The SMILES string of the molecule is CC1(C)CC(=O)C2=C(C1)N(CCC(=O)O)C1=C(C(=O)CC(C)(C)C1)C2c1cc(Br)cc(Br)c1OCc1ccccc1F. The molecule has 0 saturated heterocycles. The van der Waals surface area contributed by atoms with Gasteiger partial charge in [-0.1, -0.05) is 61.8 Å². The first-order chi connectivity index (χ1) is 19.7. The summed E-state index contributed by atoms with van der Waals surface area (Å²) in [4.78, 5) is 41.8. The molecule has 2 aromatic rings. The minimum atomic E-state index is -0.941. The highest BCUT2D eigenvalue weighted by Crippen LogP contribution is 2.56. The van der Waals surface area contributed by atoms with Crippen LogP contribution in [-0.2, 0) is 21.0 Å². The number of carbonyl (C=O) groups excluding carboxylic acids is 2. The maximum atomic E-state index is 14.5. The van der Waals surface area contributed by atoms with Crippen molar-refractivity contribution in [1.82, 2.24) is 4.90 Å². The zero-order chi connectivity index (χ0) is 30.6. The minimum Gasteiger partial charge on any atom is -0.487 e. The number of rotatable bonds is 7. The Kier molecular flexibility index (Phi) is 8.31. The van der Waals surface area contributed by atoms with Gasteiger partial charge < -0.3 is 14.7 Å². The van der Waals surface area contributed by atoms with Crippen LogP contribution in [0, 0.1) is 16.6 Å². The normalized spacial score (nSPS) is 20.0. The third-order valence-electron chi connectivity index (χ3n) is 8.25. The summed E-state index contributed by atoms with van der Waals surface area (Å²) in [5, 5.41) is 9.60. The van der Waals surface area contributed by atoms with Crippen LogP contribution in [0.5, 0.6) is 5.75 Å². The van der Waals surface area contributed by atoms with Gasteiger partial charge in [0.15, 0.2) is 11.6 Å². The van der Waals surface area contributed by atoms with Crippen LogP contribution >= 0.6 is 31.9 Å². The van der Waals surface area contributed by atoms with Crippen LogP contribution in [0.2, 0.25) is 0 Å². The van der Waals surface area contributed by atoms with Crippen molar-refractivity contribution in [1.29, 1.82) is 0 Å².